The van der Waals surface area contributed by atoms with Crippen molar-refractivity contribution < 1.29 is 0 Å². The molecule has 0 saturated carbocycles. The maximum Gasteiger partial charge on any atom is 0.160 e. The highest BCUT2D eigenvalue weighted by Crippen LogP contribution is 2.33. The first-order valence-electron chi connectivity index (χ1n) is 16.6. The Balaban J connectivity index is 1.04. The summed E-state index contributed by atoms with van der Waals surface area (Å²) in [5, 5.41) is 3.40. The molecule has 0 amide bonds. The molecule has 9 rings (SSSR count). The van der Waals surface area contributed by atoms with E-state index in [2.05, 4.69) is 103 Å². The van der Waals surface area contributed by atoms with Crippen LogP contribution >= 0.6 is 0 Å². The van der Waals surface area contributed by atoms with Crippen LogP contribution in [0.1, 0.15) is 0 Å². The van der Waals surface area contributed by atoms with Gasteiger partial charge in [-0.25, -0.2) is 15.0 Å². The molecule has 4 heterocycles. The van der Waals surface area contributed by atoms with E-state index in [4.69, 9.17) is 24.9 Å². The molecule has 5 heteroatoms. The Morgan fingerprint density at radius 1 is 0.300 bits per heavy atom. The highest BCUT2D eigenvalue weighted by molar-refractivity contribution is 6.10. The van der Waals surface area contributed by atoms with Crippen molar-refractivity contribution in [2.45, 2.75) is 0 Å². The van der Waals surface area contributed by atoms with Crippen molar-refractivity contribution in [3.63, 3.8) is 0 Å². The molecule has 0 saturated heterocycles. The van der Waals surface area contributed by atoms with Crippen molar-refractivity contribution >= 4 is 21.7 Å². The third kappa shape index (κ3) is 5.57. The number of hydrogen-bond donors (Lipinski definition) is 0. The number of benzene rings is 5. The van der Waals surface area contributed by atoms with Gasteiger partial charge in [0.1, 0.15) is 0 Å². The van der Waals surface area contributed by atoms with Gasteiger partial charge >= 0.3 is 0 Å². The van der Waals surface area contributed by atoms with Crippen molar-refractivity contribution in [1.82, 2.24) is 24.9 Å². The average molecular weight is 640 g/mol. The van der Waals surface area contributed by atoms with Crippen molar-refractivity contribution in [2.75, 3.05) is 0 Å². The minimum Gasteiger partial charge on any atom is -0.254 e. The van der Waals surface area contributed by atoms with Gasteiger partial charge in [-0.15, -0.1) is 0 Å². The number of aromatic nitrogens is 5. The van der Waals surface area contributed by atoms with Gasteiger partial charge in [0.15, 0.2) is 5.82 Å². The maximum absolute atomic E-state index is 5.01. The molecule has 4 aromatic heterocycles. The van der Waals surface area contributed by atoms with Gasteiger partial charge in [-0.1, -0.05) is 140 Å². The number of hydrogen-bond acceptors (Lipinski definition) is 5. The smallest absolute Gasteiger partial charge is 0.160 e. The summed E-state index contributed by atoms with van der Waals surface area (Å²) in [6.45, 7) is 0. The molecule has 0 aliphatic heterocycles. The van der Waals surface area contributed by atoms with Crippen molar-refractivity contribution in [1.29, 1.82) is 0 Å². The molecular formula is C45H29N5. The standard InChI is InChI=1S/C45H29N5/c1-3-11-30(12-4-1)31-19-21-32(22-20-31)42-27-43(50-45(49-42)33-13-5-2-6-14-33)40-25-23-34(28-46-40)35-24-26-41(47-29-35)44-38-17-8-7-15-36(38)37-16-9-10-18-39(37)48-44/h1-29H. The molecule has 0 bridgehead atoms. The summed E-state index contributed by atoms with van der Waals surface area (Å²) in [7, 11) is 0. The van der Waals surface area contributed by atoms with E-state index in [0.29, 0.717) is 5.82 Å². The fourth-order valence-electron chi connectivity index (χ4n) is 6.43. The summed E-state index contributed by atoms with van der Waals surface area (Å²) in [6.07, 6.45) is 3.78. The molecule has 0 atom stereocenters. The quantitative estimate of drug-likeness (QED) is 0.169. The lowest BCUT2D eigenvalue weighted by atomic mass is 10.0. The zero-order chi connectivity index (χ0) is 33.3. The maximum atomic E-state index is 5.01. The monoisotopic (exact) mass is 639 g/mol. The van der Waals surface area contributed by atoms with Gasteiger partial charge < -0.3 is 0 Å². The van der Waals surface area contributed by atoms with Gasteiger partial charge in [0, 0.05) is 45.4 Å². The number of fused-ring (bicyclic) bond motifs is 3. The molecule has 9 aromatic rings. The number of rotatable bonds is 6. The van der Waals surface area contributed by atoms with E-state index in [1.807, 2.05) is 73.1 Å². The molecule has 0 radical (unpaired) electrons. The van der Waals surface area contributed by atoms with E-state index in [9.17, 15) is 0 Å². The van der Waals surface area contributed by atoms with Crippen LogP contribution in [0.25, 0.3) is 89.4 Å². The minimum absolute atomic E-state index is 0.658. The van der Waals surface area contributed by atoms with Crippen LogP contribution in [0.3, 0.4) is 0 Å². The lowest BCUT2D eigenvalue weighted by Gasteiger charge is -2.11. The lowest BCUT2D eigenvalue weighted by Crippen LogP contribution is -1.97. The first-order valence-corrected chi connectivity index (χ1v) is 16.6. The van der Waals surface area contributed by atoms with Gasteiger partial charge in [-0.2, -0.15) is 0 Å². The highest BCUT2D eigenvalue weighted by atomic mass is 14.9. The highest BCUT2D eigenvalue weighted by Gasteiger charge is 2.14. The Hall–Kier alpha value is -6.85. The van der Waals surface area contributed by atoms with Crippen LogP contribution in [-0.4, -0.2) is 24.9 Å². The van der Waals surface area contributed by atoms with E-state index in [1.165, 1.54) is 10.9 Å². The SMILES string of the molecule is c1ccc(-c2ccc(-c3cc(-c4ccc(-c5ccc(-c6nc7ccccc7c7ccccc67)nc5)cn4)nc(-c4ccccc4)n3)cc2)cc1. The molecule has 5 aromatic carbocycles. The molecule has 234 valence electrons. The fourth-order valence-corrected chi connectivity index (χ4v) is 6.43. The van der Waals surface area contributed by atoms with Crippen LogP contribution in [-0.2, 0) is 0 Å². The Labute approximate surface area is 289 Å². The summed E-state index contributed by atoms with van der Waals surface area (Å²) >= 11 is 0. The predicted octanol–water partition coefficient (Wildman–Crippen LogP) is 11.0. The third-order valence-electron chi connectivity index (χ3n) is 9.02. The van der Waals surface area contributed by atoms with E-state index < -0.39 is 0 Å². The van der Waals surface area contributed by atoms with Crippen molar-refractivity contribution in [3.05, 3.63) is 176 Å². The van der Waals surface area contributed by atoms with Crippen LogP contribution in [0.2, 0.25) is 0 Å². The summed E-state index contributed by atoms with van der Waals surface area (Å²) < 4.78 is 0. The van der Waals surface area contributed by atoms with Gasteiger partial charge in [0.05, 0.1) is 34.0 Å². The van der Waals surface area contributed by atoms with Crippen LogP contribution in [0.15, 0.2) is 176 Å². The Kier molecular flexibility index (Phi) is 7.41. The van der Waals surface area contributed by atoms with Crippen molar-refractivity contribution in [2.24, 2.45) is 0 Å². The number of pyridine rings is 3. The zero-order valence-electron chi connectivity index (χ0n) is 27.0. The van der Waals surface area contributed by atoms with Crippen LogP contribution in [0.5, 0.6) is 0 Å². The zero-order valence-corrected chi connectivity index (χ0v) is 27.0. The average Bonchev–Trinajstić information content (AvgIpc) is 3.21. The molecule has 0 spiro atoms. The third-order valence-corrected chi connectivity index (χ3v) is 9.02. The van der Waals surface area contributed by atoms with Gasteiger partial charge in [-0.05, 0) is 40.8 Å². The normalized spacial score (nSPS) is 11.2. The lowest BCUT2D eigenvalue weighted by molar-refractivity contribution is 1.16. The minimum atomic E-state index is 0.658. The molecular weight excluding hydrogens is 611 g/mol. The summed E-state index contributed by atoms with van der Waals surface area (Å²) in [5.41, 5.74) is 11.3. The fraction of sp³-hybridized carbons (Fsp3) is 0. The van der Waals surface area contributed by atoms with Gasteiger partial charge in [0.2, 0.25) is 0 Å². The number of para-hydroxylation sites is 1. The molecule has 5 nitrogen and oxygen atoms in total. The van der Waals surface area contributed by atoms with Crippen LogP contribution in [0, 0.1) is 0 Å². The summed E-state index contributed by atoms with van der Waals surface area (Å²) in [5.74, 6) is 0.658. The van der Waals surface area contributed by atoms with Crippen LogP contribution < -0.4 is 0 Å². The second kappa shape index (κ2) is 12.6. The number of nitrogens with zero attached hydrogens (tertiary/aromatic N) is 5. The van der Waals surface area contributed by atoms with Gasteiger partial charge in [0.25, 0.3) is 0 Å². The second-order valence-electron chi connectivity index (χ2n) is 12.2. The summed E-state index contributed by atoms with van der Waals surface area (Å²) in [6, 6.07) is 55.8. The Morgan fingerprint density at radius 2 is 0.820 bits per heavy atom. The van der Waals surface area contributed by atoms with E-state index in [1.54, 1.807) is 0 Å². The van der Waals surface area contributed by atoms with E-state index in [0.717, 1.165) is 72.6 Å². The summed E-state index contributed by atoms with van der Waals surface area (Å²) in [4.78, 5) is 24.7. The first kappa shape index (κ1) is 29.3. The Bertz CT molecular complexity index is 2600. The molecule has 0 unspecified atom stereocenters. The molecule has 0 aliphatic rings. The molecule has 0 aliphatic carbocycles. The second-order valence-corrected chi connectivity index (χ2v) is 12.2. The molecule has 50 heavy (non-hydrogen) atoms. The first-order chi connectivity index (χ1) is 24.8. The largest absolute Gasteiger partial charge is 0.254 e. The topological polar surface area (TPSA) is 64.5 Å². The Morgan fingerprint density at radius 3 is 1.50 bits per heavy atom. The van der Waals surface area contributed by atoms with Gasteiger partial charge in [-0.3, -0.25) is 9.97 Å². The predicted molar refractivity (Wildman–Crippen MR) is 203 cm³/mol. The van der Waals surface area contributed by atoms with Crippen molar-refractivity contribution in [3.8, 4) is 67.7 Å². The van der Waals surface area contributed by atoms with E-state index in [-0.39, 0.29) is 0 Å². The van der Waals surface area contributed by atoms with E-state index >= 15 is 0 Å². The van der Waals surface area contributed by atoms with Crippen LogP contribution in [0.4, 0.5) is 0 Å². The molecule has 0 fully saturated rings. The molecule has 0 N–H and O–H groups in total.